The molecule has 0 aliphatic carbocycles. The first-order valence-corrected chi connectivity index (χ1v) is 12.1. The van der Waals surface area contributed by atoms with Crippen molar-refractivity contribution in [2.24, 2.45) is 4.99 Å². The Morgan fingerprint density at radius 3 is 2.41 bits per heavy atom. The van der Waals surface area contributed by atoms with Crippen LogP contribution in [0, 0.1) is 0 Å². The molecule has 0 aliphatic heterocycles. The summed E-state index contributed by atoms with van der Waals surface area (Å²) in [4.78, 5) is 4.48. The third-order valence-electron chi connectivity index (χ3n) is 3.87. The zero-order chi connectivity index (χ0) is 21.7. The maximum atomic E-state index is 11.1. The molecule has 1 aromatic rings. The normalized spacial score (nSPS) is 13.1. The van der Waals surface area contributed by atoms with E-state index in [1.165, 1.54) is 6.26 Å². The first kappa shape index (κ1) is 25.0. The minimum atomic E-state index is -3.00. The number of nitrogens with one attached hydrogen (secondary N) is 2. The SMILES string of the molecule is CCNC(=NCCOCCS(C)(=O)=O)NC(C)c1ccc(OCC)c(OCC)c1. The number of ether oxygens (including phenoxy) is 3. The number of benzene rings is 1. The molecule has 166 valence electrons. The lowest BCUT2D eigenvalue weighted by atomic mass is 10.1. The molecule has 0 saturated carbocycles. The van der Waals surface area contributed by atoms with E-state index in [1.807, 2.05) is 45.9 Å². The summed E-state index contributed by atoms with van der Waals surface area (Å²) in [5.74, 6) is 2.14. The van der Waals surface area contributed by atoms with Crippen molar-refractivity contribution in [1.82, 2.24) is 10.6 Å². The van der Waals surface area contributed by atoms with E-state index in [4.69, 9.17) is 14.2 Å². The number of guanidine groups is 1. The van der Waals surface area contributed by atoms with Crippen molar-refractivity contribution < 1.29 is 22.6 Å². The van der Waals surface area contributed by atoms with Crippen LogP contribution in [0.1, 0.15) is 39.3 Å². The first-order valence-electron chi connectivity index (χ1n) is 10.0. The van der Waals surface area contributed by atoms with Gasteiger partial charge in [0.15, 0.2) is 17.5 Å². The topological polar surface area (TPSA) is 98.3 Å². The number of nitrogens with zero attached hydrogens (tertiary/aromatic N) is 1. The molecule has 0 radical (unpaired) electrons. The second-order valence-corrected chi connectivity index (χ2v) is 8.70. The summed E-state index contributed by atoms with van der Waals surface area (Å²) in [5.41, 5.74) is 1.05. The Bertz CT molecular complexity index is 738. The van der Waals surface area contributed by atoms with Gasteiger partial charge in [-0.3, -0.25) is 4.99 Å². The number of rotatable bonds is 13. The van der Waals surface area contributed by atoms with Gasteiger partial charge in [-0.2, -0.15) is 0 Å². The van der Waals surface area contributed by atoms with Gasteiger partial charge in [0, 0.05) is 12.8 Å². The van der Waals surface area contributed by atoms with Gasteiger partial charge in [-0.15, -0.1) is 0 Å². The second-order valence-electron chi connectivity index (χ2n) is 6.44. The molecule has 0 saturated heterocycles. The molecule has 1 rings (SSSR count). The molecule has 9 heteroatoms. The largest absolute Gasteiger partial charge is 0.490 e. The molecule has 0 aromatic heterocycles. The van der Waals surface area contributed by atoms with Gasteiger partial charge < -0.3 is 24.8 Å². The van der Waals surface area contributed by atoms with E-state index < -0.39 is 9.84 Å². The lowest BCUT2D eigenvalue weighted by Crippen LogP contribution is -2.39. The molecule has 1 atom stereocenters. The van der Waals surface area contributed by atoms with Crippen LogP contribution >= 0.6 is 0 Å². The van der Waals surface area contributed by atoms with Gasteiger partial charge in [0.2, 0.25) is 0 Å². The van der Waals surface area contributed by atoms with Crippen molar-refractivity contribution in [3.05, 3.63) is 23.8 Å². The third kappa shape index (κ3) is 10.4. The standard InChI is InChI=1S/C20H35N3O5S/c1-6-21-20(22-11-12-26-13-14-29(5,24)25)23-16(4)17-9-10-18(27-7-2)19(15-17)28-8-3/h9-10,15-16H,6-8,11-14H2,1-5H3,(H2,21,22,23). The predicted molar refractivity (Wildman–Crippen MR) is 117 cm³/mol. The van der Waals surface area contributed by atoms with Crippen LogP contribution in [0.4, 0.5) is 0 Å². The smallest absolute Gasteiger partial charge is 0.191 e. The monoisotopic (exact) mass is 429 g/mol. The predicted octanol–water partition coefficient (Wildman–Crippen LogP) is 2.16. The van der Waals surface area contributed by atoms with Crippen LogP contribution in [0.25, 0.3) is 0 Å². The van der Waals surface area contributed by atoms with Gasteiger partial charge in [0.05, 0.1) is 44.8 Å². The molecule has 1 unspecified atom stereocenters. The van der Waals surface area contributed by atoms with Crippen molar-refractivity contribution in [3.8, 4) is 11.5 Å². The third-order valence-corrected chi connectivity index (χ3v) is 4.78. The minimum Gasteiger partial charge on any atom is -0.490 e. The lowest BCUT2D eigenvalue weighted by Gasteiger charge is -2.20. The van der Waals surface area contributed by atoms with Gasteiger partial charge in [-0.25, -0.2) is 8.42 Å². The molecule has 0 bridgehead atoms. The maximum Gasteiger partial charge on any atom is 0.191 e. The fourth-order valence-corrected chi connectivity index (χ4v) is 2.90. The number of hydrogen-bond acceptors (Lipinski definition) is 6. The van der Waals surface area contributed by atoms with Crippen molar-refractivity contribution in [2.75, 3.05) is 51.5 Å². The Hall–Kier alpha value is -2.00. The summed E-state index contributed by atoms with van der Waals surface area (Å²) in [6.07, 6.45) is 1.20. The zero-order valence-electron chi connectivity index (χ0n) is 18.2. The molecular formula is C20H35N3O5S. The molecule has 0 fully saturated rings. The van der Waals surface area contributed by atoms with Crippen LogP contribution in [0.15, 0.2) is 23.2 Å². The summed E-state index contributed by atoms with van der Waals surface area (Å²) < 4.78 is 38.8. The summed E-state index contributed by atoms with van der Waals surface area (Å²) in [7, 11) is -3.00. The Morgan fingerprint density at radius 1 is 1.10 bits per heavy atom. The first-order chi connectivity index (χ1) is 13.8. The molecule has 0 spiro atoms. The molecule has 1 aromatic carbocycles. The van der Waals surface area contributed by atoms with E-state index in [9.17, 15) is 8.42 Å². The summed E-state index contributed by atoms with van der Waals surface area (Å²) in [5, 5.41) is 6.56. The minimum absolute atomic E-state index is 0.00571. The van der Waals surface area contributed by atoms with Crippen LogP contribution in [0.5, 0.6) is 11.5 Å². The molecule has 0 heterocycles. The van der Waals surface area contributed by atoms with Crippen LogP contribution in [0.2, 0.25) is 0 Å². The molecule has 2 N–H and O–H groups in total. The quantitative estimate of drug-likeness (QED) is 0.282. The van der Waals surface area contributed by atoms with Crippen molar-refractivity contribution in [3.63, 3.8) is 0 Å². The van der Waals surface area contributed by atoms with E-state index in [0.717, 1.165) is 23.6 Å². The number of hydrogen-bond donors (Lipinski definition) is 2. The van der Waals surface area contributed by atoms with Crippen molar-refractivity contribution in [2.45, 2.75) is 33.7 Å². The fraction of sp³-hybridized carbons (Fsp3) is 0.650. The Balaban J connectivity index is 2.68. The number of sulfone groups is 1. The Kier molecular flexibility index (Phi) is 11.5. The maximum absolute atomic E-state index is 11.1. The van der Waals surface area contributed by atoms with Crippen LogP contribution in [-0.2, 0) is 14.6 Å². The zero-order valence-corrected chi connectivity index (χ0v) is 19.0. The summed E-state index contributed by atoms with van der Waals surface area (Å²) in [6.45, 7) is 10.8. The van der Waals surface area contributed by atoms with Crippen LogP contribution in [0.3, 0.4) is 0 Å². The summed E-state index contributed by atoms with van der Waals surface area (Å²) >= 11 is 0. The fourth-order valence-electron chi connectivity index (χ4n) is 2.48. The Labute approximate surface area is 175 Å². The Morgan fingerprint density at radius 2 is 1.79 bits per heavy atom. The van der Waals surface area contributed by atoms with Gasteiger partial charge in [-0.05, 0) is 45.4 Å². The highest BCUT2D eigenvalue weighted by Crippen LogP contribution is 2.30. The average Bonchev–Trinajstić information content (AvgIpc) is 2.65. The second kappa shape index (κ2) is 13.3. The van der Waals surface area contributed by atoms with Gasteiger partial charge in [-0.1, -0.05) is 6.07 Å². The van der Waals surface area contributed by atoms with E-state index in [-0.39, 0.29) is 18.4 Å². The van der Waals surface area contributed by atoms with Gasteiger partial charge in [0.25, 0.3) is 0 Å². The molecular weight excluding hydrogens is 394 g/mol. The van der Waals surface area contributed by atoms with Gasteiger partial charge >= 0.3 is 0 Å². The van der Waals surface area contributed by atoms with Crippen LogP contribution in [-0.4, -0.2) is 65.9 Å². The lowest BCUT2D eigenvalue weighted by molar-refractivity contribution is 0.157. The van der Waals surface area contributed by atoms with Gasteiger partial charge in [0.1, 0.15) is 9.84 Å². The highest BCUT2D eigenvalue weighted by molar-refractivity contribution is 7.90. The van der Waals surface area contributed by atoms with E-state index >= 15 is 0 Å². The highest BCUT2D eigenvalue weighted by Gasteiger charge is 2.12. The van der Waals surface area contributed by atoms with E-state index in [2.05, 4.69) is 15.6 Å². The van der Waals surface area contributed by atoms with Crippen molar-refractivity contribution in [1.29, 1.82) is 0 Å². The molecule has 29 heavy (non-hydrogen) atoms. The summed E-state index contributed by atoms with van der Waals surface area (Å²) in [6, 6.07) is 5.89. The van der Waals surface area contributed by atoms with E-state index in [0.29, 0.717) is 32.3 Å². The molecule has 8 nitrogen and oxygen atoms in total. The van der Waals surface area contributed by atoms with Crippen molar-refractivity contribution >= 4 is 15.8 Å². The number of aliphatic imine (C=N–C) groups is 1. The van der Waals surface area contributed by atoms with Crippen LogP contribution < -0.4 is 20.1 Å². The van der Waals surface area contributed by atoms with E-state index in [1.54, 1.807) is 0 Å². The highest BCUT2D eigenvalue weighted by atomic mass is 32.2. The molecule has 0 aliphatic rings. The average molecular weight is 430 g/mol. The molecule has 0 amide bonds.